The van der Waals surface area contributed by atoms with Crippen molar-refractivity contribution in [2.45, 2.75) is 25.8 Å². The molecule has 8 heteroatoms. The zero-order valence-corrected chi connectivity index (χ0v) is 18.3. The Kier molecular flexibility index (Phi) is 5.66. The van der Waals surface area contributed by atoms with Crippen LogP contribution in [0.1, 0.15) is 18.9 Å². The summed E-state index contributed by atoms with van der Waals surface area (Å²) in [4.78, 5) is 27.8. The van der Waals surface area contributed by atoms with E-state index in [-0.39, 0.29) is 6.04 Å². The molecule has 3 N–H and O–H groups in total. The van der Waals surface area contributed by atoms with Crippen LogP contribution in [-0.4, -0.2) is 45.8 Å². The number of anilines is 1. The maximum atomic E-state index is 12.4. The first-order chi connectivity index (χ1) is 16.1. The standard InChI is InChI=1S/C25H25N5O3/c1-2-16-3-6-20(7-4-16)30-14-18(12-27-30)17-5-8-22-21(11-17)23(13-26-22)29-25(32)24(31)28-19-9-10-33-15-19/h3-8,11-14,19,26H,2,9-10,15H2,1H3,(H,28,31)(H,29,32). The van der Waals surface area contributed by atoms with Gasteiger partial charge in [-0.05, 0) is 48.2 Å². The summed E-state index contributed by atoms with van der Waals surface area (Å²) in [5.41, 5.74) is 5.60. The second-order valence-electron chi connectivity index (χ2n) is 8.14. The van der Waals surface area contributed by atoms with Crippen LogP contribution in [0.25, 0.3) is 27.7 Å². The Morgan fingerprint density at radius 2 is 2.00 bits per heavy atom. The lowest BCUT2D eigenvalue weighted by molar-refractivity contribution is -0.136. The third-order valence-electron chi connectivity index (χ3n) is 5.93. The van der Waals surface area contributed by atoms with E-state index in [1.807, 2.05) is 35.3 Å². The van der Waals surface area contributed by atoms with Crippen LogP contribution >= 0.6 is 0 Å². The van der Waals surface area contributed by atoms with E-state index in [1.165, 1.54) is 5.56 Å². The normalized spacial score (nSPS) is 15.6. The van der Waals surface area contributed by atoms with E-state index < -0.39 is 11.8 Å². The first kappa shape index (κ1) is 21.0. The number of ether oxygens (including phenoxy) is 1. The monoisotopic (exact) mass is 443 g/mol. The van der Waals surface area contributed by atoms with E-state index in [2.05, 4.69) is 51.9 Å². The highest BCUT2D eigenvalue weighted by molar-refractivity contribution is 6.40. The fraction of sp³-hybridized carbons (Fsp3) is 0.240. The van der Waals surface area contributed by atoms with Gasteiger partial charge < -0.3 is 20.4 Å². The molecule has 2 amide bonds. The molecule has 3 heterocycles. The van der Waals surface area contributed by atoms with Crippen molar-refractivity contribution in [3.05, 3.63) is 66.6 Å². The number of nitrogens with zero attached hydrogens (tertiary/aromatic N) is 2. The van der Waals surface area contributed by atoms with Crippen molar-refractivity contribution >= 4 is 28.4 Å². The number of carbonyl (C=O) groups is 2. The van der Waals surface area contributed by atoms with Crippen molar-refractivity contribution in [3.63, 3.8) is 0 Å². The van der Waals surface area contributed by atoms with Crippen molar-refractivity contribution in [2.24, 2.45) is 0 Å². The Hall–Kier alpha value is -3.91. The van der Waals surface area contributed by atoms with Gasteiger partial charge in [-0.3, -0.25) is 9.59 Å². The molecule has 2 aromatic carbocycles. The first-order valence-corrected chi connectivity index (χ1v) is 11.1. The molecule has 1 atom stereocenters. The lowest BCUT2D eigenvalue weighted by atomic mass is 10.1. The smallest absolute Gasteiger partial charge is 0.313 e. The Morgan fingerprint density at radius 1 is 1.15 bits per heavy atom. The maximum absolute atomic E-state index is 12.4. The summed E-state index contributed by atoms with van der Waals surface area (Å²) >= 11 is 0. The fourth-order valence-corrected chi connectivity index (χ4v) is 3.98. The second kappa shape index (κ2) is 8.91. The summed E-state index contributed by atoms with van der Waals surface area (Å²) in [6.07, 6.45) is 7.20. The minimum atomic E-state index is -0.698. The SMILES string of the molecule is CCc1ccc(-n2cc(-c3ccc4[nH]cc(NC(=O)C(=O)NC5CCOC5)c4c3)cn2)cc1. The van der Waals surface area contributed by atoms with Gasteiger partial charge in [-0.15, -0.1) is 0 Å². The molecule has 2 aromatic heterocycles. The lowest BCUT2D eigenvalue weighted by Crippen LogP contribution is -2.42. The molecule has 0 spiro atoms. The number of hydrogen-bond donors (Lipinski definition) is 3. The van der Waals surface area contributed by atoms with Crippen molar-refractivity contribution < 1.29 is 14.3 Å². The molecule has 0 aliphatic carbocycles. The summed E-state index contributed by atoms with van der Waals surface area (Å²) in [5, 5.41) is 10.7. The number of aryl methyl sites for hydroxylation is 1. The fourth-order valence-electron chi connectivity index (χ4n) is 3.98. The van der Waals surface area contributed by atoms with E-state index in [0.29, 0.717) is 25.3 Å². The molecule has 168 valence electrons. The van der Waals surface area contributed by atoms with Gasteiger partial charge in [0.25, 0.3) is 0 Å². The number of fused-ring (bicyclic) bond motifs is 1. The van der Waals surface area contributed by atoms with Crippen molar-refractivity contribution in [1.82, 2.24) is 20.1 Å². The topological polar surface area (TPSA) is 101 Å². The van der Waals surface area contributed by atoms with Gasteiger partial charge >= 0.3 is 11.8 Å². The maximum Gasteiger partial charge on any atom is 0.313 e. The predicted octanol–water partition coefficient (Wildman–Crippen LogP) is 3.43. The average Bonchev–Trinajstić information content (AvgIpc) is 3.60. The van der Waals surface area contributed by atoms with Gasteiger partial charge in [-0.1, -0.05) is 25.1 Å². The highest BCUT2D eigenvalue weighted by Crippen LogP contribution is 2.29. The summed E-state index contributed by atoms with van der Waals surface area (Å²) in [6.45, 7) is 3.16. The Balaban J connectivity index is 1.35. The predicted molar refractivity (Wildman–Crippen MR) is 126 cm³/mol. The van der Waals surface area contributed by atoms with Crippen LogP contribution in [0.4, 0.5) is 5.69 Å². The van der Waals surface area contributed by atoms with E-state index in [0.717, 1.165) is 34.1 Å². The number of aromatic nitrogens is 3. The lowest BCUT2D eigenvalue weighted by Gasteiger charge is -2.10. The van der Waals surface area contributed by atoms with Gasteiger partial charge in [0, 0.05) is 35.5 Å². The van der Waals surface area contributed by atoms with Gasteiger partial charge in [-0.25, -0.2) is 4.68 Å². The number of H-pyrrole nitrogens is 1. The number of aromatic amines is 1. The van der Waals surface area contributed by atoms with Gasteiger partial charge in [-0.2, -0.15) is 5.10 Å². The Labute approximate surface area is 190 Å². The molecule has 4 aromatic rings. The van der Waals surface area contributed by atoms with Gasteiger partial charge in [0.15, 0.2) is 0 Å². The highest BCUT2D eigenvalue weighted by atomic mass is 16.5. The number of nitrogens with one attached hydrogen (secondary N) is 3. The number of hydrogen-bond acceptors (Lipinski definition) is 4. The van der Waals surface area contributed by atoms with Crippen LogP contribution in [0.15, 0.2) is 61.1 Å². The van der Waals surface area contributed by atoms with E-state index in [9.17, 15) is 9.59 Å². The number of carbonyl (C=O) groups excluding carboxylic acids is 2. The molecule has 8 nitrogen and oxygen atoms in total. The largest absolute Gasteiger partial charge is 0.379 e. The summed E-state index contributed by atoms with van der Waals surface area (Å²) < 4.78 is 7.08. The third-order valence-corrected chi connectivity index (χ3v) is 5.93. The molecule has 1 fully saturated rings. The quantitative estimate of drug-likeness (QED) is 0.412. The van der Waals surface area contributed by atoms with Crippen LogP contribution in [0.3, 0.4) is 0 Å². The van der Waals surface area contributed by atoms with Crippen LogP contribution in [0, 0.1) is 0 Å². The molecule has 0 radical (unpaired) electrons. The minimum absolute atomic E-state index is 0.118. The Bertz CT molecular complexity index is 1300. The van der Waals surface area contributed by atoms with Gasteiger partial charge in [0.05, 0.1) is 30.2 Å². The van der Waals surface area contributed by atoms with Gasteiger partial charge in [0.2, 0.25) is 0 Å². The van der Waals surface area contributed by atoms with Gasteiger partial charge in [0.1, 0.15) is 0 Å². The molecule has 1 aliphatic rings. The molecule has 0 saturated carbocycles. The van der Waals surface area contributed by atoms with E-state index in [1.54, 1.807) is 6.20 Å². The van der Waals surface area contributed by atoms with Crippen LogP contribution in [-0.2, 0) is 20.7 Å². The van der Waals surface area contributed by atoms with E-state index in [4.69, 9.17) is 4.74 Å². The highest BCUT2D eigenvalue weighted by Gasteiger charge is 2.22. The molecule has 1 aliphatic heterocycles. The molecular weight excluding hydrogens is 418 g/mol. The van der Waals surface area contributed by atoms with E-state index >= 15 is 0 Å². The number of amides is 2. The molecule has 0 bridgehead atoms. The zero-order valence-electron chi connectivity index (χ0n) is 18.3. The van der Waals surface area contributed by atoms with Crippen molar-refractivity contribution in [1.29, 1.82) is 0 Å². The second-order valence-corrected chi connectivity index (χ2v) is 8.14. The van der Waals surface area contributed by atoms with Crippen LogP contribution in [0.5, 0.6) is 0 Å². The van der Waals surface area contributed by atoms with Crippen LogP contribution < -0.4 is 10.6 Å². The van der Waals surface area contributed by atoms with Crippen molar-refractivity contribution in [3.8, 4) is 16.8 Å². The third kappa shape index (κ3) is 4.38. The molecule has 1 saturated heterocycles. The average molecular weight is 444 g/mol. The molecule has 1 unspecified atom stereocenters. The number of benzene rings is 2. The Morgan fingerprint density at radius 3 is 2.76 bits per heavy atom. The molecular formula is C25H25N5O3. The van der Waals surface area contributed by atoms with Crippen LogP contribution in [0.2, 0.25) is 0 Å². The molecule has 5 rings (SSSR count). The summed E-state index contributed by atoms with van der Waals surface area (Å²) in [7, 11) is 0. The zero-order chi connectivity index (χ0) is 22.8. The molecule has 33 heavy (non-hydrogen) atoms. The summed E-state index contributed by atoms with van der Waals surface area (Å²) in [6, 6.07) is 14.1. The number of rotatable bonds is 5. The minimum Gasteiger partial charge on any atom is -0.379 e. The summed E-state index contributed by atoms with van der Waals surface area (Å²) in [5.74, 6) is -1.36. The first-order valence-electron chi connectivity index (χ1n) is 11.1. The van der Waals surface area contributed by atoms with Crippen molar-refractivity contribution in [2.75, 3.05) is 18.5 Å².